The van der Waals surface area contributed by atoms with Gasteiger partial charge in [0.2, 0.25) is 0 Å². The van der Waals surface area contributed by atoms with Crippen LogP contribution in [-0.2, 0) is 12.2 Å². The van der Waals surface area contributed by atoms with Crippen LogP contribution < -0.4 is 5.56 Å². The number of hydrogen-bond acceptors (Lipinski definition) is 4. The first-order valence-corrected chi connectivity index (χ1v) is 7.62. The van der Waals surface area contributed by atoms with Gasteiger partial charge < -0.3 is 10.1 Å². The predicted molar refractivity (Wildman–Crippen MR) is 81.8 cm³/mol. The Balaban J connectivity index is 2.11. The lowest BCUT2D eigenvalue weighted by atomic mass is 10.1. The second-order valence-corrected chi connectivity index (χ2v) is 5.55. The summed E-state index contributed by atoms with van der Waals surface area (Å²) in [4.78, 5) is 29.6. The molecule has 0 aliphatic rings. The Kier molecular flexibility index (Phi) is 5.16. The first-order chi connectivity index (χ1) is 10.1. The third-order valence-electron chi connectivity index (χ3n) is 2.83. The number of rotatable bonds is 6. The fourth-order valence-corrected chi connectivity index (χ4v) is 2.72. The van der Waals surface area contributed by atoms with E-state index in [0.717, 1.165) is 24.1 Å². The molecule has 0 atom stereocenters. The van der Waals surface area contributed by atoms with Crippen LogP contribution in [0.5, 0.6) is 0 Å². The molecule has 21 heavy (non-hydrogen) atoms. The summed E-state index contributed by atoms with van der Waals surface area (Å²) in [5.41, 5.74) is 1.76. The number of aryl methyl sites for hydroxylation is 1. The second kappa shape index (κ2) is 7.08. The number of aromatic amines is 1. The van der Waals surface area contributed by atoms with E-state index in [9.17, 15) is 9.59 Å². The van der Waals surface area contributed by atoms with Gasteiger partial charge in [0.15, 0.2) is 5.16 Å². The molecule has 1 heterocycles. The molecule has 0 saturated heterocycles. The van der Waals surface area contributed by atoms with Gasteiger partial charge in [-0.15, -0.1) is 0 Å². The van der Waals surface area contributed by atoms with Crippen molar-refractivity contribution in [3.63, 3.8) is 0 Å². The van der Waals surface area contributed by atoms with Crippen molar-refractivity contribution in [1.82, 2.24) is 9.97 Å². The van der Waals surface area contributed by atoms with Crippen molar-refractivity contribution in [2.45, 2.75) is 30.7 Å². The highest BCUT2D eigenvalue weighted by Gasteiger charge is 2.05. The van der Waals surface area contributed by atoms with Gasteiger partial charge in [0.25, 0.3) is 5.56 Å². The van der Waals surface area contributed by atoms with Gasteiger partial charge in [-0.1, -0.05) is 37.2 Å². The number of aromatic carboxylic acids is 1. The van der Waals surface area contributed by atoms with Crippen LogP contribution in [0, 0.1) is 0 Å². The van der Waals surface area contributed by atoms with Gasteiger partial charge in [0.1, 0.15) is 0 Å². The number of aromatic nitrogens is 2. The van der Waals surface area contributed by atoms with Crippen molar-refractivity contribution in [1.29, 1.82) is 0 Å². The standard InChI is InChI=1S/C15H16N2O3S/c1-2-4-12-8-13(18)17-15(16-12)21-9-10-5-3-6-11(7-10)14(19)20/h3,5-8H,2,4,9H2,1H3,(H,19,20)(H,16,17,18). The average Bonchev–Trinajstić information content (AvgIpc) is 2.45. The Morgan fingerprint density at radius 2 is 2.19 bits per heavy atom. The largest absolute Gasteiger partial charge is 0.478 e. The van der Waals surface area contributed by atoms with Gasteiger partial charge in [0, 0.05) is 17.5 Å². The molecule has 1 aromatic carbocycles. The zero-order chi connectivity index (χ0) is 15.2. The summed E-state index contributed by atoms with van der Waals surface area (Å²) in [5, 5.41) is 9.52. The highest BCUT2D eigenvalue weighted by atomic mass is 32.2. The minimum Gasteiger partial charge on any atom is -0.478 e. The maximum Gasteiger partial charge on any atom is 0.335 e. The summed E-state index contributed by atoms with van der Waals surface area (Å²) < 4.78 is 0. The van der Waals surface area contributed by atoms with Crippen molar-refractivity contribution in [3.05, 3.63) is 57.5 Å². The normalized spacial score (nSPS) is 10.5. The van der Waals surface area contributed by atoms with Crippen LogP contribution in [0.25, 0.3) is 0 Å². The summed E-state index contributed by atoms with van der Waals surface area (Å²) in [5.74, 6) is -0.391. The minimum atomic E-state index is -0.946. The Morgan fingerprint density at radius 1 is 1.38 bits per heavy atom. The Morgan fingerprint density at radius 3 is 2.90 bits per heavy atom. The highest BCUT2D eigenvalue weighted by molar-refractivity contribution is 7.98. The smallest absolute Gasteiger partial charge is 0.335 e. The maximum absolute atomic E-state index is 11.6. The Bertz CT molecular complexity index is 697. The van der Waals surface area contributed by atoms with Crippen LogP contribution in [0.15, 0.2) is 40.3 Å². The van der Waals surface area contributed by atoms with Gasteiger partial charge in [-0.2, -0.15) is 0 Å². The van der Waals surface area contributed by atoms with E-state index < -0.39 is 5.97 Å². The Hall–Kier alpha value is -2.08. The predicted octanol–water partition coefficient (Wildman–Crippen LogP) is 2.71. The molecule has 0 amide bonds. The number of thioether (sulfide) groups is 1. The molecule has 0 unspecified atom stereocenters. The molecule has 110 valence electrons. The second-order valence-electron chi connectivity index (χ2n) is 4.59. The van der Waals surface area contributed by atoms with E-state index in [1.165, 1.54) is 17.8 Å². The molecule has 2 N–H and O–H groups in total. The van der Waals surface area contributed by atoms with Gasteiger partial charge in [0.05, 0.1) is 5.56 Å². The molecule has 2 rings (SSSR count). The van der Waals surface area contributed by atoms with Crippen LogP contribution in [0.2, 0.25) is 0 Å². The fourth-order valence-electron chi connectivity index (χ4n) is 1.88. The van der Waals surface area contributed by atoms with Crippen LogP contribution >= 0.6 is 11.8 Å². The molecule has 1 aromatic heterocycles. The van der Waals surface area contributed by atoms with E-state index in [0.29, 0.717) is 10.9 Å². The Labute approximate surface area is 126 Å². The van der Waals surface area contributed by atoms with Crippen molar-refractivity contribution in [2.24, 2.45) is 0 Å². The van der Waals surface area contributed by atoms with Gasteiger partial charge >= 0.3 is 5.97 Å². The lowest BCUT2D eigenvalue weighted by Crippen LogP contribution is -2.10. The topological polar surface area (TPSA) is 83.0 Å². The number of carboxylic acid groups (broad SMARTS) is 1. The number of nitrogens with one attached hydrogen (secondary N) is 1. The SMILES string of the molecule is CCCc1cc(=O)[nH]c(SCc2cccc(C(=O)O)c2)n1. The van der Waals surface area contributed by atoms with Gasteiger partial charge in [-0.05, 0) is 24.1 Å². The van der Waals surface area contributed by atoms with E-state index in [1.54, 1.807) is 18.2 Å². The number of H-pyrrole nitrogens is 1. The van der Waals surface area contributed by atoms with Crippen molar-refractivity contribution in [2.75, 3.05) is 0 Å². The first kappa shape index (κ1) is 15.3. The minimum absolute atomic E-state index is 0.157. The molecule has 5 nitrogen and oxygen atoms in total. The number of carboxylic acids is 1. The number of hydrogen-bond donors (Lipinski definition) is 2. The third kappa shape index (κ3) is 4.46. The van der Waals surface area contributed by atoms with Crippen molar-refractivity contribution >= 4 is 17.7 Å². The summed E-state index contributed by atoms with van der Waals surface area (Å²) in [6.45, 7) is 2.03. The zero-order valence-electron chi connectivity index (χ0n) is 11.6. The number of benzene rings is 1. The van der Waals surface area contributed by atoms with E-state index in [2.05, 4.69) is 9.97 Å². The first-order valence-electron chi connectivity index (χ1n) is 6.63. The molecule has 0 saturated carbocycles. The summed E-state index contributed by atoms with van der Waals surface area (Å²) in [6.07, 6.45) is 1.70. The number of nitrogens with zero attached hydrogens (tertiary/aromatic N) is 1. The van der Waals surface area contributed by atoms with Crippen LogP contribution in [0.1, 0.15) is 35.0 Å². The third-order valence-corrected chi connectivity index (χ3v) is 3.77. The van der Waals surface area contributed by atoms with E-state index in [-0.39, 0.29) is 11.1 Å². The zero-order valence-corrected chi connectivity index (χ0v) is 12.4. The fraction of sp³-hybridized carbons (Fsp3) is 0.267. The van der Waals surface area contributed by atoms with Crippen molar-refractivity contribution < 1.29 is 9.90 Å². The van der Waals surface area contributed by atoms with Crippen molar-refractivity contribution in [3.8, 4) is 0 Å². The molecular formula is C15H16N2O3S. The average molecular weight is 304 g/mol. The summed E-state index contributed by atoms with van der Waals surface area (Å²) in [7, 11) is 0. The molecule has 0 spiro atoms. The molecule has 0 radical (unpaired) electrons. The van der Waals surface area contributed by atoms with Gasteiger partial charge in [-0.3, -0.25) is 4.79 Å². The number of carbonyl (C=O) groups is 1. The lowest BCUT2D eigenvalue weighted by molar-refractivity contribution is 0.0697. The monoisotopic (exact) mass is 304 g/mol. The maximum atomic E-state index is 11.6. The van der Waals surface area contributed by atoms with Gasteiger partial charge in [-0.25, -0.2) is 9.78 Å². The molecular weight excluding hydrogens is 288 g/mol. The molecule has 2 aromatic rings. The molecule has 0 bridgehead atoms. The molecule has 6 heteroatoms. The van der Waals surface area contributed by atoms with Crippen LogP contribution in [0.3, 0.4) is 0 Å². The molecule has 0 fully saturated rings. The van der Waals surface area contributed by atoms with E-state index in [1.807, 2.05) is 13.0 Å². The summed E-state index contributed by atoms with van der Waals surface area (Å²) >= 11 is 1.39. The summed E-state index contributed by atoms with van der Waals surface area (Å²) in [6, 6.07) is 8.26. The quantitative estimate of drug-likeness (QED) is 0.633. The van der Waals surface area contributed by atoms with Crippen LogP contribution in [0.4, 0.5) is 0 Å². The highest BCUT2D eigenvalue weighted by Crippen LogP contribution is 2.19. The van der Waals surface area contributed by atoms with E-state index >= 15 is 0 Å². The molecule has 0 aliphatic carbocycles. The van der Waals surface area contributed by atoms with Crippen LogP contribution in [-0.4, -0.2) is 21.0 Å². The lowest BCUT2D eigenvalue weighted by Gasteiger charge is -2.04. The van der Waals surface area contributed by atoms with E-state index in [4.69, 9.17) is 5.11 Å². The molecule has 0 aliphatic heterocycles.